The van der Waals surface area contributed by atoms with Gasteiger partial charge in [0.05, 0.1) is 0 Å². The van der Waals surface area contributed by atoms with Gasteiger partial charge >= 0.3 is 0 Å². The van der Waals surface area contributed by atoms with Crippen molar-refractivity contribution in [3.8, 4) is 22.5 Å². The third-order valence-corrected chi connectivity index (χ3v) is 3.76. The third kappa shape index (κ3) is 2.36. The van der Waals surface area contributed by atoms with Crippen molar-refractivity contribution in [2.24, 2.45) is 0 Å². The zero-order valence-corrected chi connectivity index (χ0v) is 12.4. The van der Waals surface area contributed by atoms with E-state index in [1.165, 1.54) is 0 Å². The standard InChI is InChI=1S/C18H12ClN3/c19-16-8-4-7-14(11-16)18-20-17-10-9-15(12-22(17)21-18)13-5-2-1-3-6-13/h1-12H. The van der Waals surface area contributed by atoms with Gasteiger partial charge in [-0.3, -0.25) is 0 Å². The summed E-state index contributed by atoms with van der Waals surface area (Å²) in [6.07, 6.45) is 1.99. The van der Waals surface area contributed by atoms with Crippen molar-refractivity contribution in [3.63, 3.8) is 0 Å². The van der Waals surface area contributed by atoms with Gasteiger partial charge in [-0.2, -0.15) is 0 Å². The van der Waals surface area contributed by atoms with Gasteiger partial charge in [0.15, 0.2) is 11.5 Å². The molecule has 2 heterocycles. The maximum atomic E-state index is 6.04. The summed E-state index contributed by atoms with van der Waals surface area (Å²) in [5.74, 6) is 0.674. The molecule has 106 valence electrons. The number of rotatable bonds is 2. The molecule has 0 aliphatic rings. The molecule has 3 nitrogen and oxygen atoms in total. The molecule has 4 rings (SSSR count). The summed E-state index contributed by atoms with van der Waals surface area (Å²) in [5, 5.41) is 5.24. The largest absolute Gasteiger partial charge is 0.220 e. The molecule has 0 amide bonds. The minimum absolute atomic E-state index is 0.674. The fourth-order valence-electron chi connectivity index (χ4n) is 2.43. The highest BCUT2D eigenvalue weighted by molar-refractivity contribution is 6.30. The summed E-state index contributed by atoms with van der Waals surface area (Å²) in [6, 6.07) is 21.8. The third-order valence-electron chi connectivity index (χ3n) is 3.52. The first-order valence-corrected chi connectivity index (χ1v) is 7.35. The van der Waals surface area contributed by atoms with Crippen LogP contribution in [0.3, 0.4) is 0 Å². The van der Waals surface area contributed by atoms with E-state index in [4.69, 9.17) is 11.6 Å². The van der Waals surface area contributed by atoms with Crippen LogP contribution < -0.4 is 0 Å². The Bertz CT molecular complexity index is 945. The summed E-state index contributed by atoms with van der Waals surface area (Å²) in [6.45, 7) is 0. The number of hydrogen-bond acceptors (Lipinski definition) is 2. The molecule has 0 aliphatic heterocycles. The molecule has 0 saturated carbocycles. The molecule has 0 radical (unpaired) electrons. The van der Waals surface area contributed by atoms with Crippen LogP contribution in [0.15, 0.2) is 72.9 Å². The minimum Gasteiger partial charge on any atom is -0.220 e. The molecule has 2 aromatic carbocycles. The zero-order chi connectivity index (χ0) is 14.9. The lowest BCUT2D eigenvalue weighted by molar-refractivity contribution is 0.967. The molecule has 2 aromatic heterocycles. The van der Waals surface area contributed by atoms with Crippen molar-refractivity contribution >= 4 is 17.2 Å². The highest BCUT2D eigenvalue weighted by Crippen LogP contribution is 2.23. The maximum absolute atomic E-state index is 6.04. The fraction of sp³-hybridized carbons (Fsp3) is 0. The van der Waals surface area contributed by atoms with Crippen molar-refractivity contribution < 1.29 is 0 Å². The molecule has 0 fully saturated rings. The van der Waals surface area contributed by atoms with E-state index in [2.05, 4.69) is 28.3 Å². The first-order chi connectivity index (χ1) is 10.8. The first-order valence-electron chi connectivity index (χ1n) is 6.97. The van der Waals surface area contributed by atoms with Gasteiger partial charge in [0.1, 0.15) is 0 Å². The predicted molar refractivity (Wildman–Crippen MR) is 88.9 cm³/mol. The monoisotopic (exact) mass is 305 g/mol. The van der Waals surface area contributed by atoms with Gasteiger partial charge in [-0.25, -0.2) is 9.50 Å². The van der Waals surface area contributed by atoms with Crippen molar-refractivity contribution in [3.05, 3.63) is 77.9 Å². The van der Waals surface area contributed by atoms with Crippen LogP contribution in [0.1, 0.15) is 0 Å². The molecule has 0 aliphatic carbocycles. The maximum Gasteiger partial charge on any atom is 0.182 e. The Morgan fingerprint density at radius 2 is 1.59 bits per heavy atom. The summed E-state index contributed by atoms with van der Waals surface area (Å²) in [5.41, 5.74) is 3.99. The van der Waals surface area contributed by atoms with E-state index in [0.717, 1.165) is 22.3 Å². The van der Waals surface area contributed by atoms with Crippen LogP contribution in [0.2, 0.25) is 5.02 Å². The number of fused-ring (bicyclic) bond motifs is 1. The van der Waals surface area contributed by atoms with Crippen molar-refractivity contribution in [1.29, 1.82) is 0 Å². The van der Waals surface area contributed by atoms with Crippen LogP contribution in [-0.2, 0) is 0 Å². The van der Waals surface area contributed by atoms with Gasteiger partial charge in [0, 0.05) is 22.3 Å². The Kier molecular flexibility index (Phi) is 3.13. The van der Waals surface area contributed by atoms with E-state index in [1.54, 1.807) is 4.52 Å². The number of hydrogen-bond donors (Lipinski definition) is 0. The number of pyridine rings is 1. The summed E-state index contributed by atoms with van der Waals surface area (Å²) in [4.78, 5) is 4.55. The van der Waals surface area contributed by atoms with E-state index >= 15 is 0 Å². The molecule has 4 heteroatoms. The Balaban J connectivity index is 1.82. The molecule has 0 spiro atoms. The molecule has 4 aromatic rings. The molecule has 0 unspecified atom stereocenters. The second-order valence-corrected chi connectivity index (χ2v) is 5.47. The predicted octanol–water partition coefficient (Wildman–Crippen LogP) is 4.72. The van der Waals surface area contributed by atoms with Crippen molar-refractivity contribution in [2.45, 2.75) is 0 Å². The molecule has 0 N–H and O–H groups in total. The van der Waals surface area contributed by atoms with E-state index in [1.807, 2.05) is 54.7 Å². The Hall–Kier alpha value is -2.65. The van der Waals surface area contributed by atoms with Crippen LogP contribution in [0.5, 0.6) is 0 Å². The normalized spacial score (nSPS) is 11.0. The highest BCUT2D eigenvalue weighted by Gasteiger charge is 2.07. The Labute approximate surface area is 132 Å². The Morgan fingerprint density at radius 1 is 0.773 bits per heavy atom. The van der Waals surface area contributed by atoms with Gasteiger partial charge in [-0.05, 0) is 29.8 Å². The van der Waals surface area contributed by atoms with Crippen LogP contribution in [0.25, 0.3) is 28.2 Å². The van der Waals surface area contributed by atoms with Gasteiger partial charge in [0.2, 0.25) is 0 Å². The van der Waals surface area contributed by atoms with Gasteiger partial charge in [0.25, 0.3) is 0 Å². The second-order valence-electron chi connectivity index (χ2n) is 5.03. The molecule has 0 atom stereocenters. The quantitative estimate of drug-likeness (QED) is 0.536. The van der Waals surface area contributed by atoms with Crippen LogP contribution in [0.4, 0.5) is 0 Å². The zero-order valence-electron chi connectivity index (χ0n) is 11.6. The first kappa shape index (κ1) is 13.0. The van der Waals surface area contributed by atoms with Gasteiger partial charge < -0.3 is 0 Å². The summed E-state index contributed by atoms with van der Waals surface area (Å²) < 4.78 is 1.80. The van der Waals surface area contributed by atoms with Crippen LogP contribution >= 0.6 is 11.6 Å². The lowest BCUT2D eigenvalue weighted by atomic mass is 10.1. The molecular formula is C18H12ClN3. The molecular weight excluding hydrogens is 294 g/mol. The highest BCUT2D eigenvalue weighted by atomic mass is 35.5. The lowest BCUT2D eigenvalue weighted by Gasteiger charge is -2.00. The number of aromatic nitrogens is 3. The molecule has 0 bridgehead atoms. The van der Waals surface area contributed by atoms with E-state index in [9.17, 15) is 0 Å². The summed E-state index contributed by atoms with van der Waals surface area (Å²) >= 11 is 6.04. The van der Waals surface area contributed by atoms with E-state index < -0.39 is 0 Å². The average molecular weight is 306 g/mol. The Morgan fingerprint density at radius 3 is 2.41 bits per heavy atom. The second kappa shape index (κ2) is 5.28. The topological polar surface area (TPSA) is 30.2 Å². The number of benzene rings is 2. The number of halogens is 1. The lowest BCUT2D eigenvalue weighted by Crippen LogP contribution is -1.88. The van der Waals surface area contributed by atoms with Gasteiger partial charge in [-0.1, -0.05) is 54.1 Å². The molecule has 22 heavy (non-hydrogen) atoms. The van der Waals surface area contributed by atoms with Gasteiger partial charge in [-0.15, -0.1) is 5.10 Å². The van der Waals surface area contributed by atoms with E-state index in [-0.39, 0.29) is 0 Å². The van der Waals surface area contributed by atoms with Crippen molar-refractivity contribution in [1.82, 2.24) is 14.6 Å². The van der Waals surface area contributed by atoms with Crippen LogP contribution in [-0.4, -0.2) is 14.6 Å². The summed E-state index contributed by atoms with van der Waals surface area (Å²) in [7, 11) is 0. The van der Waals surface area contributed by atoms with Crippen LogP contribution in [0, 0.1) is 0 Å². The average Bonchev–Trinajstić information content (AvgIpc) is 2.99. The SMILES string of the molecule is Clc1cccc(-c2nc3ccc(-c4ccccc4)cn3n2)c1. The molecule has 0 saturated heterocycles. The van der Waals surface area contributed by atoms with Crippen molar-refractivity contribution in [2.75, 3.05) is 0 Å². The smallest absolute Gasteiger partial charge is 0.182 e. The number of nitrogens with zero attached hydrogens (tertiary/aromatic N) is 3. The fourth-order valence-corrected chi connectivity index (χ4v) is 2.62. The van der Waals surface area contributed by atoms with E-state index in [0.29, 0.717) is 10.8 Å². The minimum atomic E-state index is 0.674.